The Morgan fingerprint density at radius 3 is 2.44 bits per heavy atom. The molecular weight excluding hydrogens is 226 g/mol. The summed E-state index contributed by atoms with van der Waals surface area (Å²) in [4.78, 5) is 11.3. The maximum absolute atomic E-state index is 11.3. The fraction of sp³-hybridized carbons (Fsp3) is 0.267. The molecule has 0 heterocycles. The summed E-state index contributed by atoms with van der Waals surface area (Å²) in [5.74, 6) is -0.142. The van der Waals surface area contributed by atoms with Crippen LogP contribution in [0.3, 0.4) is 0 Å². The molecule has 2 rings (SSSR count). The Morgan fingerprint density at radius 1 is 1.17 bits per heavy atom. The molecule has 18 heavy (non-hydrogen) atoms. The molecule has 2 aromatic rings. The molecule has 94 valence electrons. The number of hydrogen-bond acceptors (Lipinski definition) is 2. The highest BCUT2D eigenvalue weighted by Gasteiger charge is 2.22. The lowest BCUT2D eigenvalue weighted by atomic mass is 9.93. The van der Waals surface area contributed by atoms with Crippen LogP contribution in [0.2, 0.25) is 0 Å². The fourth-order valence-electron chi connectivity index (χ4n) is 2.09. The first kappa shape index (κ1) is 12.6. The van der Waals surface area contributed by atoms with Gasteiger partial charge in [0.2, 0.25) is 5.91 Å². The number of carbonyl (C=O) groups excluding carboxylic acids is 1. The Balaban J connectivity index is 2.75. The first-order chi connectivity index (χ1) is 8.39. The van der Waals surface area contributed by atoms with Crippen LogP contribution in [0.15, 0.2) is 36.4 Å². The highest BCUT2D eigenvalue weighted by Crippen LogP contribution is 2.34. The largest absolute Gasteiger partial charge is 0.386 e. The lowest BCUT2D eigenvalue weighted by molar-refractivity contribution is -0.114. The van der Waals surface area contributed by atoms with Gasteiger partial charge in [0, 0.05) is 17.9 Å². The van der Waals surface area contributed by atoms with Gasteiger partial charge in [-0.2, -0.15) is 0 Å². The van der Waals surface area contributed by atoms with E-state index in [9.17, 15) is 9.90 Å². The Labute approximate surface area is 106 Å². The maximum atomic E-state index is 11.3. The first-order valence-corrected chi connectivity index (χ1v) is 5.92. The summed E-state index contributed by atoms with van der Waals surface area (Å²) in [5.41, 5.74) is 0.409. The van der Waals surface area contributed by atoms with E-state index in [-0.39, 0.29) is 5.91 Å². The maximum Gasteiger partial charge on any atom is 0.221 e. The van der Waals surface area contributed by atoms with Crippen molar-refractivity contribution in [1.29, 1.82) is 0 Å². The molecule has 0 fully saturated rings. The molecule has 3 nitrogen and oxygen atoms in total. The zero-order chi connectivity index (χ0) is 13.3. The van der Waals surface area contributed by atoms with Crippen molar-refractivity contribution in [3.8, 4) is 0 Å². The number of benzene rings is 2. The molecule has 0 aliphatic heterocycles. The van der Waals surface area contributed by atoms with Crippen LogP contribution in [0.1, 0.15) is 26.3 Å². The fourth-order valence-corrected chi connectivity index (χ4v) is 2.09. The van der Waals surface area contributed by atoms with E-state index in [1.165, 1.54) is 6.92 Å². The normalized spacial score (nSPS) is 11.6. The molecule has 0 radical (unpaired) electrons. The number of amides is 1. The number of aliphatic hydroxyl groups is 1. The summed E-state index contributed by atoms with van der Waals surface area (Å²) in [7, 11) is 0. The molecule has 2 N–H and O–H groups in total. The monoisotopic (exact) mass is 243 g/mol. The van der Waals surface area contributed by atoms with Gasteiger partial charge in [-0.25, -0.2) is 0 Å². The second-order valence-corrected chi connectivity index (χ2v) is 4.95. The lowest BCUT2D eigenvalue weighted by Gasteiger charge is -2.23. The first-order valence-electron chi connectivity index (χ1n) is 5.92. The minimum Gasteiger partial charge on any atom is -0.386 e. The standard InChI is InChI=1S/C15H17NO2/c1-10(17)16-14-12-7-5-4-6-11(12)8-9-13(14)15(2,3)18/h4-9,18H,1-3H3,(H,16,17). The molecule has 0 aromatic heterocycles. The Hall–Kier alpha value is -1.87. The summed E-state index contributed by atoms with van der Waals surface area (Å²) in [6, 6.07) is 11.6. The summed E-state index contributed by atoms with van der Waals surface area (Å²) in [6.45, 7) is 4.89. The number of nitrogens with one attached hydrogen (secondary N) is 1. The Kier molecular flexibility index (Phi) is 3.09. The Morgan fingerprint density at radius 2 is 1.83 bits per heavy atom. The van der Waals surface area contributed by atoms with E-state index in [2.05, 4.69) is 5.32 Å². The Bertz CT molecular complexity index is 597. The number of carbonyl (C=O) groups is 1. The summed E-state index contributed by atoms with van der Waals surface area (Å²) >= 11 is 0. The van der Waals surface area contributed by atoms with Gasteiger partial charge in [-0.1, -0.05) is 36.4 Å². The van der Waals surface area contributed by atoms with Crippen LogP contribution in [0.5, 0.6) is 0 Å². The highest BCUT2D eigenvalue weighted by molar-refractivity contribution is 6.03. The van der Waals surface area contributed by atoms with Gasteiger partial charge in [-0.05, 0) is 19.2 Å². The minimum atomic E-state index is -0.998. The van der Waals surface area contributed by atoms with Crippen molar-refractivity contribution in [3.63, 3.8) is 0 Å². The molecule has 0 saturated heterocycles. The van der Waals surface area contributed by atoms with Gasteiger partial charge in [0.25, 0.3) is 0 Å². The smallest absolute Gasteiger partial charge is 0.221 e. The SMILES string of the molecule is CC(=O)Nc1c(C(C)(C)O)ccc2ccccc12. The van der Waals surface area contributed by atoms with Crippen LogP contribution in [0.25, 0.3) is 10.8 Å². The van der Waals surface area contributed by atoms with Crippen LogP contribution in [-0.2, 0) is 10.4 Å². The summed E-state index contributed by atoms with van der Waals surface area (Å²) in [5, 5.41) is 15.0. The predicted molar refractivity (Wildman–Crippen MR) is 73.5 cm³/mol. The van der Waals surface area contributed by atoms with Gasteiger partial charge in [0.1, 0.15) is 0 Å². The van der Waals surface area contributed by atoms with E-state index in [0.717, 1.165) is 16.3 Å². The number of hydrogen-bond donors (Lipinski definition) is 2. The third-order valence-corrected chi connectivity index (χ3v) is 2.89. The van der Waals surface area contributed by atoms with E-state index in [0.29, 0.717) is 5.69 Å². The molecule has 0 aliphatic carbocycles. The third-order valence-electron chi connectivity index (χ3n) is 2.89. The molecule has 3 heteroatoms. The molecule has 0 atom stereocenters. The topological polar surface area (TPSA) is 49.3 Å². The second-order valence-electron chi connectivity index (χ2n) is 4.95. The van der Waals surface area contributed by atoms with Crippen LogP contribution in [-0.4, -0.2) is 11.0 Å². The number of anilines is 1. The van der Waals surface area contributed by atoms with Gasteiger partial charge >= 0.3 is 0 Å². The van der Waals surface area contributed by atoms with Crippen LogP contribution in [0.4, 0.5) is 5.69 Å². The van der Waals surface area contributed by atoms with Crippen molar-refractivity contribution in [2.75, 3.05) is 5.32 Å². The average molecular weight is 243 g/mol. The van der Waals surface area contributed by atoms with E-state index in [4.69, 9.17) is 0 Å². The van der Waals surface area contributed by atoms with E-state index in [1.54, 1.807) is 13.8 Å². The second kappa shape index (κ2) is 4.42. The van der Waals surface area contributed by atoms with Crippen LogP contribution < -0.4 is 5.32 Å². The molecule has 2 aromatic carbocycles. The predicted octanol–water partition coefficient (Wildman–Crippen LogP) is 3.03. The molecular formula is C15H17NO2. The minimum absolute atomic E-state index is 0.142. The lowest BCUT2D eigenvalue weighted by Crippen LogP contribution is -2.20. The van der Waals surface area contributed by atoms with Gasteiger partial charge in [0.15, 0.2) is 0 Å². The van der Waals surface area contributed by atoms with Gasteiger partial charge in [0.05, 0.1) is 11.3 Å². The van der Waals surface area contributed by atoms with Crippen molar-refractivity contribution in [2.45, 2.75) is 26.4 Å². The summed E-state index contributed by atoms with van der Waals surface area (Å²) in [6.07, 6.45) is 0. The zero-order valence-electron chi connectivity index (χ0n) is 10.8. The van der Waals surface area contributed by atoms with Crippen molar-refractivity contribution in [2.24, 2.45) is 0 Å². The summed E-state index contributed by atoms with van der Waals surface area (Å²) < 4.78 is 0. The van der Waals surface area contributed by atoms with Gasteiger partial charge in [-0.15, -0.1) is 0 Å². The van der Waals surface area contributed by atoms with Crippen molar-refractivity contribution in [3.05, 3.63) is 42.0 Å². The molecule has 0 bridgehead atoms. The molecule has 0 aliphatic rings. The van der Waals surface area contributed by atoms with Gasteiger partial charge < -0.3 is 10.4 Å². The van der Waals surface area contributed by atoms with Crippen molar-refractivity contribution in [1.82, 2.24) is 0 Å². The molecule has 0 unspecified atom stereocenters. The van der Waals surface area contributed by atoms with Gasteiger partial charge in [-0.3, -0.25) is 4.79 Å². The zero-order valence-corrected chi connectivity index (χ0v) is 10.8. The number of rotatable bonds is 2. The molecule has 0 spiro atoms. The van der Waals surface area contributed by atoms with E-state index >= 15 is 0 Å². The highest BCUT2D eigenvalue weighted by atomic mass is 16.3. The van der Waals surface area contributed by atoms with Crippen molar-refractivity contribution >= 4 is 22.4 Å². The third kappa shape index (κ3) is 2.36. The van der Waals surface area contributed by atoms with E-state index < -0.39 is 5.60 Å². The van der Waals surface area contributed by atoms with Crippen molar-refractivity contribution < 1.29 is 9.90 Å². The molecule has 0 saturated carbocycles. The quantitative estimate of drug-likeness (QED) is 0.851. The van der Waals surface area contributed by atoms with E-state index in [1.807, 2.05) is 36.4 Å². The average Bonchev–Trinajstić information content (AvgIpc) is 2.27. The number of fused-ring (bicyclic) bond motifs is 1. The van der Waals surface area contributed by atoms with Crippen LogP contribution in [0, 0.1) is 0 Å². The van der Waals surface area contributed by atoms with Crippen LogP contribution >= 0.6 is 0 Å². The molecule has 1 amide bonds.